The number of rotatable bonds is 3. The van der Waals surface area contributed by atoms with Crippen molar-refractivity contribution in [3.8, 4) is 5.75 Å². The Morgan fingerprint density at radius 1 is 1.67 bits per heavy atom. The number of aromatic hydroxyl groups is 1. The van der Waals surface area contributed by atoms with Crippen LogP contribution in [0.2, 0.25) is 0 Å². The molecular formula is C9H13NO2. The van der Waals surface area contributed by atoms with E-state index < -0.39 is 6.08 Å². The molecule has 1 aromatic rings. The van der Waals surface area contributed by atoms with Gasteiger partial charge >= 0.3 is 0 Å². The molecule has 1 atom stereocenters. The summed E-state index contributed by atoms with van der Waals surface area (Å²) in [6.07, 6.45) is -1.69. The standard InChI is InChI=1S/C9H13NO2/c1-10-6-9(12)7-3-2-4-8(11)5-7/h2-5,9-12H,6H2,1H3/t9-/m1/s1/i9D. The molecule has 0 aliphatic carbocycles. The molecule has 0 aliphatic rings. The van der Waals surface area contributed by atoms with Crippen LogP contribution in [0.5, 0.6) is 5.75 Å². The van der Waals surface area contributed by atoms with Crippen LogP contribution < -0.4 is 5.32 Å². The van der Waals surface area contributed by atoms with Crippen LogP contribution in [0.25, 0.3) is 0 Å². The molecule has 1 rings (SSSR count). The second-order valence-electron chi connectivity index (χ2n) is 2.53. The summed E-state index contributed by atoms with van der Waals surface area (Å²) >= 11 is 0. The second-order valence-corrected chi connectivity index (χ2v) is 2.53. The van der Waals surface area contributed by atoms with Gasteiger partial charge in [-0.15, -0.1) is 0 Å². The van der Waals surface area contributed by atoms with Gasteiger partial charge in [-0.1, -0.05) is 12.1 Å². The SMILES string of the molecule is [2H][C@@](O)(CNC)c1cccc(O)c1. The maximum atomic E-state index is 9.60. The van der Waals surface area contributed by atoms with Crippen LogP contribution in [0.15, 0.2) is 24.3 Å². The Morgan fingerprint density at radius 3 is 3.00 bits per heavy atom. The van der Waals surface area contributed by atoms with Gasteiger partial charge in [0.05, 0.1) is 7.45 Å². The Bertz CT molecular complexity index is 289. The average Bonchev–Trinajstić information content (AvgIpc) is 2.04. The fourth-order valence-electron chi connectivity index (χ4n) is 0.955. The first-order valence-corrected chi connectivity index (χ1v) is 3.73. The molecule has 0 bridgehead atoms. The quantitative estimate of drug-likeness (QED) is 0.621. The van der Waals surface area contributed by atoms with Gasteiger partial charge in [0.2, 0.25) is 0 Å². The van der Waals surface area contributed by atoms with Crippen molar-refractivity contribution in [2.24, 2.45) is 0 Å². The maximum Gasteiger partial charge on any atom is 0.115 e. The smallest absolute Gasteiger partial charge is 0.115 e. The zero-order valence-corrected chi connectivity index (χ0v) is 6.91. The number of phenolic OH excluding ortho intramolecular Hbond substituents is 1. The van der Waals surface area contributed by atoms with Gasteiger partial charge in [-0.25, -0.2) is 0 Å². The third-order valence-electron chi connectivity index (χ3n) is 1.52. The molecule has 3 N–H and O–H groups in total. The van der Waals surface area contributed by atoms with E-state index in [1.165, 1.54) is 12.1 Å². The van der Waals surface area contributed by atoms with E-state index in [-0.39, 0.29) is 12.3 Å². The average molecular weight is 168 g/mol. The van der Waals surface area contributed by atoms with Gasteiger partial charge in [-0.05, 0) is 24.7 Å². The van der Waals surface area contributed by atoms with Crippen LogP contribution in [0.1, 0.15) is 13.0 Å². The monoisotopic (exact) mass is 168 g/mol. The number of nitrogens with one attached hydrogen (secondary N) is 1. The van der Waals surface area contributed by atoms with Gasteiger partial charge in [0.15, 0.2) is 0 Å². The van der Waals surface area contributed by atoms with Gasteiger partial charge in [0.1, 0.15) is 5.75 Å². The van der Waals surface area contributed by atoms with Gasteiger partial charge in [0, 0.05) is 6.54 Å². The Kier molecular flexibility index (Phi) is 2.58. The zero-order valence-electron chi connectivity index (χ0n) is 7.91. The van der Waals surface area contributed by atoms with E-state index in [9.17, 15) is 5.11 Å². The van der Waals surface area contributed by atoms with Crippen LogP contribution in [-0.4, -0.2) is 23.8 Å². The van der Waals surface area contributed by atoms with E-state index >= 15 is 0 Å². The molecule has 3 nitrogen and oxygen atoms in total. The summed E-state index contributed by atoms with van der Waals surface area (Å²) in [5, 5.41) is 21.4. The van der Waals surface area contributed by atoms with Gasteiger partial charge in [-0.2, -0.15) is 0 Å². The van der Waals surface area contributed by atoms with E-state index in [4.69, 9.17) is 6.48 Å². The molecule has 0 aromatic heterocycles. The highest BCUT2D eigenvalue weighted by molar-refractivity contribution is 5.28. The first-order chi connectivity index (χ1) is 6.06. The first kappa shape index (κ1) is 7.58. The predicted octanol–water partition coefficient (Wildman–Crippen LogP) is 0.645. The third kappa shape index (κ3) is 2.22. The number of likely N-dealkylation sites (N-methyl/N-ethyl adjacent to an activating group) is 1. The van der Waals surface area contributed by atoms with Crippen molar-refractivity contribution >= 4 is 0 Å². The number of phenols is 1. The largest absolute Gasteiger partial charge is 0.508 e. The lowest BCUT2D eigenvalue weighted by Crippen LogP contribution is -2.16. The molecule has 0 spiro atoms. The summed E-state index contributed by atoms with van der Waals surface area (Å²) in [5.74, 6) is 0.0549. The van der Waals surface area contributed by atoms with E-state index in [1.54, 1.807) is 19.2 Å². The fraction of sp³-hybridized carbons (Fsp3) is 0.333. The van der Waals surface area contributed by atoms with Gasteiger partial charge in [-0.3, -0.25) is 0 Å². The highest BCUT2D eigenvalue weighted by atomic mass is 16.3. The van der Waals surface area contributed by atoms with Crippen molar-refractivity contribution in [1.29, 1.82) is 0 Å². The van der Waals surface area contributed by atoms with Crippen molar-refractivity contribution in [2.45, 2.75) is 6.08 Å². The second kappa shape index (κ2) is 4.09. The van der Waals surface area contributed by atoms with Crippen LogP contribution in [0.3, 0.4) is 0 Å². The first-order valence-electron chi connectivity index (χ1n) is 4.23. The highest BCUT2D eigenvalue weighted by Crippen LogP contribution is 2.17. The van der Waals surface area contributed by atoms with Gasteiger partial charge in [0.25, 0.3) is 0 Å². The van der Waals surface area contributed by atoms with Crippen LogP contribution in [0.4, 0.5) is 0 Å². The molecule has 0 amide bonds. The number of aliphatic hydroxyl groups is 1. The molecule has 0 unspecified atom stereocenters. The summed E-state index contributed by atoms with van der Waals surface area (Å²) in [7, 11) is 1.66. The number of hydrogen-bond acceptors (Lipinski definition) is 3. The molecule has 1 aromatic carbocycles. The maximum absolute atomic E-state index is 9.60. The lowest BCUT2D eigenvalue weighted by atomic mass is 10.1. The molecule has 0 fully saturated rings. The summed E-state index contributed by atoms with van der Waals surface area (Å²) in [6.45, 7) is 0.121. The Morgan fingerprint density at radius 2 is 2.42 bits per heavy atom. The molecule has 0 heterocycles. The predicted molar refractivity (Wildman–Crippen MR) is 47.0 cm³/mol. The fourth-order valence-corrected chi connectivity index (χ4v) is 0.955. The van der Waals surface area contributed by atoms with Crippen LogP contribution >= 0.6 is 0 Å². The summed E-state index contributed by atoms with van der Waals surface area (Å²) < 4.78 is 7.55. The molecular weight excluding hydrogens is 154 g/mol. The van der Waals surface area contributed by atoms with E-state index in [0.29, 0.717) is 5.56 Å². The summed E-state index contributed by atoms with van der Waals surface area (Å²) in [6, 6.07) is 6.08. The summed E-state index contributed by atoms with van der Waals surface area (Å²) in [5.41, 5.74) is 0.377. The Hall–Kier alpha value is -1.06. The van der Waals surface area contributed by atoms with Crippen molar-refractivity contribution in [3.63, 3.8) is 0 Å². The Labute approximate surface area is 73.1 Å². The van der Waals surface area contributed by atoms with Crippen LogP contribution in [-0.2, 0) is 0 Å². The molecule has 0 saturated heterocycles. The van der Waals surface area contributed by atoms with E-state index in [2.05, 4.69) is 5.32 Å². The van der Waals surface area contributed by atoms with E-state index in [0.717, 1.165) is 0 Å². The minimum atomic E-state index is -1.69. The molecule has 3 heteroatoms. The molecule has 12 heavy (non-hydrogen) atoms. The lowest BCUT2D eigenvalue weighted by molar-refractivity contribution is 0.177. The minimum Gasteiger partial charge on any atom is -0.508 e. The molecule has 0 aliphatic heterocycles. The number of benzene rings is 1. The van der Waals surface area contributed by atoms with Gasteiger partial charge < -0.3 is 15.5 Å². The molecule has 0 radical (unpaired) electrons. The summed E-state index contributed by atoms with van der Waals surface area (Å²) in [4.78, 5) is 0. The topological polar surface area (TPSA) is 52.5 Å². The van der Waals surface area contributed by atoms with Crippen molar-refractivity contribution in [3.05, 3.63) is 29.8 Å². The molecule has 0 saturated carbocycles. The normalized spacial score (nSPS) is 16.7. The third-order valence-corrected chi connectivity index (χ3v) is 1.52. The van der Waals surface area contributed by atoms with Crippen LogP contribution in [0, 0.1) is 0 Å². The lowest BCUT2D eigenvalue weighted by Gasteiger charge is -2.09. The zero-order chi connectivity index (χ0) is 9.90. The highest BCUT2D eigenvalue weighted by Gasteiger charge is 2.05. The van der Waals surface area contributed by atoms with E-state index in [1.807, 2.05) is 0 Å². The van der Waals surface area contributed by atoms with Crippen molar-refractivity contribution in [2.75, 3.05) is 13.6 Å². The van der Waals surface area contributed by atoms with Crippen molar-refractivity contribution in [1.82, 2.24) is 5.32 Å². The molecule has 66 valence electrons. The Balaban J connectivity index is 2.93. The van der Waals surface area contributed by atoms with Crippen molar-refractivity contribution < 1.29 is 11.6 Å². The minimum absolute atomic E-state index is 0.0549. The number of hydrogen-bond donors (Lipinski definition) is 3.